The van der Waals surface area contributed by atoms with E-state index in [4.69, 9.17) is 14.6 Å². The number of urea groups is 1. The maximum absolute atomic E-state index is 13.5. The van der Waals surface area contributed by atoms with Crippen molar-refractivity contribution < 1.29 is 56.7 Å². The summed E-state index contributed by atoms with van der Waals surface area (Å²) < 4.78 is 36.9. The molecule has 304 valence electrons. The highest BCUT2D eigenvalue weighted by Gasteiger charge is 2.31. The highest BCUT2D eigenvalue weighted by atomic mass is 19.4. The number of halogens is 3. The topological polar surface area (TPSA) is 182 Å². The summed E-state index contributed by atoms with van der Waals surface area (Å²) in [7, 11) is 1.59. The summed E-state index contributed by atoms with van der Waals surface area (Å²) in [4.78, 5) is 76.9. The monoisotopic (exact) mass is 786 g/mol. The Balaban J connectivity index is 0.00000108. The molecule has 0 radical (unpaired) electrons. The van der Waals surface area contributed by atoms with Crippen molar-refractivity contribution in [2.24, 2.45) is 0 Å². The second kappa shape index (κ2) is 22.4. The maximum Gasteiger partial charge on any atom is 0.430 e. The predicted octanol–water partition coefficient (Wildman–Crippen LogP) is 3.42. The number of ether oxygens (including phenoxy) is 1. The Hall–Kier alpha value is -5.97. The molecule has 1 aliphatic rings. The third kappa shape index (κ3) is 14.7. The van der Waals surface area contributed by atoms with Gasteiger partial charge in [0.15, 0.2) is 0 Å². The third-order valence-corrected chi connectivity index (χ3v) is 8.37. The van der Waals surface area contributed by atoms with E-state index < -0.39 is 24.0 Å². The number of para-hydroxylation sites is 1. The van der Waals surface area contributed by atoms with E-state index in [9.17, 15) is 37.1 Å². The van der Waals surface area contributed by atoms with Crippen molar-refractivity contribution in [1.29, 1.82) is 0 Å². The Kier molecular flexibility index (Phi) is 18.5. The van der Waals surface area contributed by atoms with Gasteiger partial charge in [-0.25, -0.2) is 4.79 Å². The largest absolute Gasteiger partial charge is 0.542 e. The number of carboxylic acid groups (broad SMARTS) is 1. The summed E-state index contributed by atoms with van der Waals surface area (Å²) in [5.41, 5.74) is 4.01. The average Bonchev–Trinajstić information content (AvgIpc) is 3.24. The lowest BCUT2D eigenvalue weighted by Gasteiger charge is -2.20. The number of rotatable bonds is 13. The van der Waals surface area contributed by atoms with Crippen LogP contribution in [0, 0.1) is 6.92 Å². The summed E-state index contributed by atoms with van der Waals surface area (Å²) in [5.74, 6) is -4.45. The molecule has 3 aromatic rings. The Morgan fingerprint density at radius 2 is 1.50 bits per heavy atom. The second-order valence-electron chi connectivity index (χ2n) is 12.2. The van der Waals surface area contributed by atoms with Crippen LogP contribution in [0.1, 0.15) is 55.6 Å². The van der Waals surface area contributed by atoms with E-state index in [2.05, 4.69) is 29.8 Å². The number of alkyl halides is 3. The molecular formula is C39H49F3N6O8. The van der Waals surface area contributed by atoms with Crippen LogP contribution in [-0.2, 0) is 30.3 Å². The number of aryl methyl sites for hydroxylation is 1. The Morgan fingerprint density at radius 3 is 2.09 bits per heavy atom. The number of fused-ring (bicyclic) bond motifs is 1. The van der Waals surface area contributed by atoms with Crippen LogP contribution in [0.3, 0.4) is 0 Å². The Labute approximate surface area is 324 Å². The number of likely N-dealkylation sites (N-methyl/N-ethyl adjacent to an activating group) is 2. The number of amides is 5. The molecular weight excluding hydrogens is 737 g/mol. The summed E-state index contributed by atoms with van der Waals surface area (Å²) in [6, 6.07) is 18.8. The van der Waals surface area contributed by atoms with Gasteiger partial charge in [-0.15, -0.1) is 0 Å². The van der Waals surface area contributed by atoms with Gasteiger partial charge in [0.1, 0.15) is 25.7 Å². The van der Waals surface area contributed by atoms with Crippen molar-refractivity contribution in [3.8, 4) is 0 Å². The summed E-state index contributed by atoms with van der Waals surface area (Å²) in [5, 5.41) is 17.2. The van der Waals surface area contributed by atoms with Gasteiger partial charge < -0.3 is 45.3 Å². The SMILES string of the molecule is CC.CC[NH+](CC)CCOC(=O)CCN1CC(=O)N(C)c2ccc(NC(=O)Cc3ccc(NC(=O)Nc4ccccc4C)cc3)cc2C1=O.O=C([O-])C(F)(F)F. The molecule has 1 heterocycles. The molecule has 0 atom stereocenters. The molecule has 0 aliphatic carbocycles. The number of quaternary nitrogens is 1. The highest BCUT2D eigenvalue weighted by Crippen LogP contribution is 2.28. The summed E-state index contributed by atoms with van der Waals surface area (Å²) in [6.45, 7) is 12.8. The minimum Gasteiger partial charge on any atom is -0.542 e. The standard InChI is InChI=1S/C35H42N6O6.C2HF3O2.C2H6/c1-5-40(6-2)19-20-47-33(44)17-18-41-23-32(43)39(4)30-16-15-27(22-28(30)34(41)45)36-31(42)21-25-11-13-26(14-12-25)37-35(46)38-29-10-8-7-9-24(29)3;3-2(4,5)1(6)7;1-2/h7-16,22H,5-6,17-21,23H2,1-4H3,(H,36,42)(H2,37,38,46);(H,6,7);1-2H3. The minimum absolute atomic E-state index is 0.0316. The average molecular weight is 787 g/mol. The van der Waals surface area contributed by atoms with Crippen LogP contribution in [0.25, 0.3) is 0 Å². The van der Waals surface area contributed by atoms with Gasteiger partial charge in [-0.05, 0) is 68.3 Å². The van der Waals surface area contributed by atoms with Crippen LogP contribution in [-0.4, -0.2) is 93.1 Å². The molecule has 0 aromatic heterocycles. The van der Waals surface area contributed by atoms with Crippen LogP contribution >= 0.6 is 0 Å². The van der Waals surface area contributed by atoms with Crippen LogP contribution in [0.15, 0.2) is 66.7 Å². The number of hydrogen-bond acceptors (Lipinski definition) is 8. The smallest absolute Gasteiger partial charge is 0.430 e. The molecule has 4 N–H and O–H groups in total. The number of carbonyl (C=O) groups is 6. The quantitative estimate of drug-likeness (QED) is 0.190. The van der Waals surface area contributed by atoms with Gasteiger partial charge in [0.2, 0.25) is 11.8 Å². The lowest BCUT2D eigenvalue weighted by Crippen LogP contribution is -3.11. The Morgan fingerprint density at radius 1 is 0.893 bits per heavy atom. The first kappa shape index (κ1) is 46.2. The second-order valence-corrected chi connectivity index (χ2v) is 12.2. The van der Waals surface area contributed by atoms with Crippen molar-refractivity contribution in [2.75, 3.05) is 67.2 Å². The number of nitrogens with zero attached hydrogens (tertiary/aromatic N) is 2. The van der Waals surface area contributed by atoms with Gasteiger partial charge in [-0.1, -0.05) is 44.2 Å². The number of benzene rings is 3. The summed E-state index contributed by atoms with van der Waals surface area (Å²) in [6.07, 6.45) is -5.17. The molecule has 4 rings (SSSR count). The van der Waals surface area contributed by atoms with Gasteiger partial charge in [0, 0.05) is 30.7 Å². The Bertz CT molecular complexity index is 1820. The van der Waals surface area contributed by atoms with Gasteiger partial charge in [-0.3, -0.25) is 19.2 Å². The van der Waals surface area contributed by atoms with Crippen LogP contribution in [0.4, 0.5) is 40.7 Å². The van der Waals surface area contributed by atoms with E-state index in [0.29, 0.717) is 35.9 Å². The van der Waals surface area contributed by atoms with Gasteiger partial charge in [0.25, 0.3) is 5.91 Å². The molecule has 0 bridgehead atoms. The number of aliphatic carboxylic acids is 1. The number of carbonyl (C=O) groups excluding carboxylic acids is 6. The number of esters is 1. The maximum atomic E-state index is 13.5. The zero-order valence-corrected chi connectivity index (χ0v) is 32.3. The first-order chi connectivity index (χ1) is 26.5. The lowest BCUT2D eigenvalue weighted by atomic mass is 10.1. The van der Waals surface area contributed by atoms with Crippen LogP contribution < -0.4 is 30.9 Å². The van der Waals surface area contributed by atoms with Gasteiger partial charge in [-0.2, -0.15) is 13.2 Å². The van der Waals surface area contributed by atoms with Crippen molar-refractivity contribution >= 4 is 58.4 Å². The molecule has 56 heavy (non-hydrogen) atoms. The fourth-order valence-corrected chi connectivity index (χ4v) is 5.21. The van der Waals surface area contributed by atoms with Crippen molar-refractivity contribution in [3.63, 3.8) is 0 Å². The number of hydrogen-bond donors (Lipinski definition) is 4. The van der Waals surface area contributed by atoms with Crippen molar-refractivity contribution in [2.45, 2.75) is 53.6 Å². The lowest BCUT2D eigenvalue weighted by molar-refractivity contribution is -0.896. The molecule has 5 amide bonds. The molecule has 0 unspecified atom stereocenters. The minimum atomic E-state index is -5.19. The predicted molar refractivity (Wildman–Crippen MR) is 203 cm³/mol. The van der Waals surface area contributed by atoms with E-state index in [-0.39, 0.29) is 49.3 Å². The fourth-order valence-electron chi connectivity index (χ4n) is 5.21. The third-order valence-electron chi connectivity index (χ3n) is 8.37. The van der Waals surface area contributed by atoms with E-state index >= 15 is 0 Å². The molecule has 1 aliphatic heterocycles. The zero-order valence-electron chi connectivity index (χ0n) is 32.3. The number of nitrogens with one attached hydrogen (secondary N) is 4. The number of carboxylic acids is 1. The fraction of sp³-hybridized carbons (Fsp3) is 0.385. The first-order valence-electron chi connectivity index (χ1n) is 18.0. The molecule has 3 aromatic carbocycles. The van der Waals surface area contributed by atoms with Crippen LogP contribution in [0.2, 0.25) is 0 Å². The highest BCUT2D eigenvalue weighted by molar-refractivity contribution is 6.10. The molecule has 14 nitrogen and oxygen atoms in total. The van der Waals surface area contributed by atoms with E-state index in [1.165, 1.54) is 14.7 Å². The summed E-state index contributed by atoms with van der Waals surface area (Å²) >= 11 is 0. The van der Waals surface area contributed by atoms with Crippen molar-refractivity contribution in [1.82, 2.24) is 4.90 Å². The van der Waals surface area contributed by atoms with Gasteiger partial charge >= 0.3 is 18.2 Å². The molecule has 0 saturated carbocycles. The van der Waals surface area contributed by atoms with E-state index in [0.717, 1.165) is 24.2 Å². The van der Waals surface area contributed by atoms with Crippen molar-refractivity contribution in [3.05, 3.63) is 83.4 Å². The van der Waals surface area contributed by atoms with E-state index in [1.807, 2.05) is 45.0 Å². The van der Waals surface area contributed by atoms with E-state index in [1.54, 1.807) is 49.5 Å². The molecule has 0 saturated heterocycles. The molecule has 0 fully saturated rings. The van der Waals surface area contributed by atoms with Gasteiger partial charge in [0.05, 0.1) is 37.2 Å². The van der Waals surface area contributed by atoms with Crippen LogP contribution in [0.5, 0.6) is 0 Å². The first-order valence-corrected chi connectivity index (χ1v) is 18.0. The molecule has 0 spiro atoms. The number of anilines is 4. The zero-order chi connectivity index (χ0) is 42.0. The molecule has 17 heteroatoms. The normalized spacial score (nSPS) is 12.2.